The fourth-order valence-corrected chi connectivity index (χ4v) is 5.31. The van der Waals surface area contributed by atoms with Gasteiger partial charge in [0.05, 0.1) is 43.1 Å². The molecule has 0 saturated heterocycles. The van der Waals surface area contributed by atoms with Crippen molar-refractivity contribution in [2.24, 2.45) is 20.5 Å². The molecule has 0 atom stereocenters. The second-order valence-corrected chi connectivity index (χ2v) is 11.5. The Morgan fingerprint density at radius 3 is 1.74 bits per heavy atom. The second-order valence-electron chi connectivity index (χ2n) is 9.25. The van der Waals surface area contributed by atoms with Crippen molar-refractivity contribution >= 4 is 138 Å². The van der Waals surface area contributed by atoms with Gasteiger partial charge in [-0.3, -0.25) is 4.55 Å². The monoisotopic (exact) mass is 697 g/mol. The summed E-state index contributed by atoms with van der Waals surface area (Å²) in [7, 11) is -4.56. The van der Waals surface area contributed by atoms with Gasteiger partial charge in [-0.1, -0.05) is 41.4 Å². The molecular weight excluding hydrogens is 679 g/mol. The Bertz CT molecular complexity index is 2170. The number of fused-ring (bicyclic) bond motifs is 1. The smallest absolute Gasteiger partial charge is 0.339 e. The number of benzene rings is 5. The molecule has 0 aliphatic carbocycles. The quantitative estimate of drug-likeness (QED) is 0.0489. The topological polar surface area (TPSA) is 208 Å². The molecule has 0 fully saturated rings. The summed E-state index contributed by atoms with van der Waals surface area (Å²) in [4.78, 5) is 10.7. The number of phenolic OH excluding ortho intramolecular Hbond substituents is 1. The van der Waals surface area contributed by atoms with E-state index in [2.05, 4.69) is 20.5 Å². The number of anilines is 1. The van der Waals surface area contributed by atoms with Crippen LogP contribution in [0, 0.1) is 0 Å². The zero-order valence-corrected chi connectivity index (χ0v) is 30.4. The average molecular weight is 698 g/mol. The molecule has 224 valence electrons. The van der Waals surface area contributed by atoms with Crippen molar-refractivity contribution in [2.75, 3.05) is 5.73 Å². The van der Waals surface area contributed by atoms with Gasteiger partial charge in [-0.15, -0.1) is 5.11 Å². The van der Waals surface area contributed by atoms with E-state index in [1.165, 1.54) is 42.5 Å². The second kappa shape index (κ2) is 15.2. The van der Waals surface area contributed by atoms with E-state index in [1.807, 2.05) is 0 Å². The molecule has 0 aliphatic rings. The number of aromatic hydroxyl groups is 2. The molecule has 5 aromatic rings. The van der Waals surface area contributed by atoms with E-state index in [1.54, 1.807) is 30.3 Å². The number of azo groups is 2. The predicted octanol–water partition coefficient (Wildman–Crippen LogP) is 7.82. The number of carbonyl (C=O) groups is 1. The molecule has 6 N–H and O–H groups in total. The maximum atomic E-state index is 11.5. The Kier molecular flexibility index (Phi) is 12.4. The van der Waals surface area contributed by atoms with Crippen LogP contribution in [0.5, 0.6) is 11.5 Å². The van der Waals surface area contributed by atoms with Crippen LogP contribution in [0.25, 0.3) is 21.9 Å². The molecular formula is C29H19Cl2N5Na2O7S. The molecule has 46 heavy (non-hydrogen) atoms. The SMILES string of the molecule is Nc1ccc2cc(S(=O)(=O)O)cc(O)c2c1N=Nc1ccc(-c2ccc(N=Nc3ccc(O)c(C(=O)O)c3)cc2Cl)c(Cl)c1.[Na].[Na]. The minimum Gasteiger partial charge on any atom is -0.507 e. The number of hydrogen-bond acceptors (Lipinski definition) is 10. The van der Waals surface area contributed by atoms with E-state index in [0.29, 0.717) is 27.5 Å². The Morgan fingerprint density at radius 1 is 0.696 bits per heavy atom. The first-order valence-corrected chi connectivity index (χ1v) is 14.5. The third-order valence-corrected chi connectivity index (χ3v) is 7.78. The fourth-order valence-electron chi connectivity index (χ4n) is 4.22. The van der Waals surface area contributed by atoms with Crippen molar-refractivity contribution in [1.29, 1.82) is 0 Å². The summed E-state index contributed by atoms with van der Waals surface area (Å²) in [6.45, 7) is 0. The van der Waals surface area contributed by atoms with Crippen LogP contribution in [0.4, 0.5) is 28.4 Å². The van der Waals surface area contributed by atoms with Crippen LogP contribution in [0.2, 0.25) is 10.0 Å². The molecule has 0 saturated carbocycles. The van der Waals surface area contributed by atoms with Gasteiger partial charge in [0.25, 0.3) is 10.1 Å². The first-order valence-electron chi connectivity index (χ1n) is 12.3. The maximum Gasteiger partial charge on any atom is 0.339 e. The van der Waals surface area contributed by atoms with E-state index in [9.17, 15) is 28.0 Å². The van der Waals surface area contributed by atoms with Gasteiger partial charge < -0.3 is 21.1 Å². The largest absolute Gasteiger partial charge is 0.507 e. The van der Waals surface area contributed by atoms with Crippen molar-refractivity contribution in [3.63, 3.8) is 0 Å². The minimum atomic E-state index is -4.56. The van der Waals surface area contributed by atoms with E-state index >= 15 is 0 Å². The Labute approximate surface area is 315 Å². The van der Waals surface area contributed by atoms with E-state index in [0.717, 1.165) is 6.07 Å². The van der Waals surface area contributed by atoms with Crippen LogP contribution in [-0.4, -0.2) is 93.4 Å². The number of carboxylic acids is 1. The number of halogens is 2. The Balaban J connectivity index is 0.00000288. The predicted molar refractivity (Wildman–Crippen MR) is 177 cm³/mol. The van der Waals surface area contributed by atoms with Gasteiger partial charge in [0.2, 0.25) is 0 Å². The van der Waals surface area contributed by atoms with Crippen molar-refractivity contribution < 1.29 is 33.1 Å². The first kappa shape index (κ1) is 37.4. The molecule has 17 heteroatoms. The van der Waals surface area contributed by atoms with Crippen LogP contribution in [-0.2, 0) is 10.1 Å². The summed E-state index contributed by atoms with van der Waals surface area (Å²) in [5.41, 5.74) is 8.09. The molecule has 0 unspecified atom stereocenters. The molecule has 0 spiro atoms. The standard InChI is InChI=1S/C29H19Cl2N5O7S.2Na/c30-22-11-16(34-33-15-4-8-25(37)21(10-15)29(39)40)2-5-19(22)20-6-3-17(12-23(20)31)35-36-28-24(32)7-1-14-9-18(44(41,42)43)13-26(38)27(14)28;;/h1-13,37-38H,32H2,(H,39,40)(H,41,42,43);;. The number of nitrogens with two attached hydrogens (primary N) is 1. The van der Waals surface area contributed by atoms with Gasteiger partial charge in [0.1, 0.15) is 22.7 Å². The van der Waals surface area contributed by atoms with Crippen molar-refractivity contribution in [2.45, 2.75) is 4.90 Å². The van der Waals surface area contributed by atoms with E-state index in [4.69, 9.17) is 34.0 Å². The molecule has 5 rings (SSSR count). The van der Waals surface area contributed by atoms with Gasteiger partial charge >= 0.3 is 5.97 Å². The molecule has 0 aromatic heterocycles. The Morgan fingerprint density at radius 2 is 1.22 bits per heavy atom. The molecule has 2 radical (unpaired) electrons. The summed E-state index contributed by atoms with van der Waals surface area (Å²) >= 11 is 13.1. The zero-order chi connectivity index (χ0) is 31.8. The summed E-state index contributed by atoms with van der Waals surface area (Å²) in [6, 6.07) is 18.5. The first-order chi connectivity index (χ1) is 20.8. The number of phenols is 2. The zero-order valence-electron chi connectivity index (χ0n) is 24.0. The molecule has 0 aliphatic heterocycles. The molecule has 12 nitrogen and oxygen atoms in total. The number of hydrogen-bond donors (Lipinski definition) is 5. The summed E-state index contributed by atoms with van der Waals surface area (Å²) < 4.78 is 32.4. The fraction of sp³-hybridized carbons (Fsp3) is 0. The van der Waals surface area contributed by atoms with Gasteiger partial charge in [0, 0.05) is 76.3 Å². The van der Waals surface area contributed by atoms with Gasteiger partial charge in [0.15, 0.2) is 0 Å². The van der Waals surface area contributed by atoms with Crippen molar-refractivity contribution in [3.8, 4) is 22.6 Å². The summed E-state index contributed by atoms with van der Waals surface area (Å²) in [6.07, 6.45) is 0. The molecule has 0 heterocycles. The van der Waals surface area contributed by atoms with Crippen LogP contribution >= 0.6 is 23.2 Å². The van der Waals surface area contributed by atoms with Crippen molar-refractivity contribution in [3.05, 3.63) is 94.5 Å². The average Bonchev–Trinajstić information content (AvgIpc) is 2.96. The van der Waals surface area contributed by atoms with Crippen molar-refractivity contribution in [1.82, 2.24) is 0 Å². The van der Waals surface area contributed by atoms with E-state index in [-0.39, 0.29) is 103 Å². The summed E-state index contributed by atoms with van der Waals surface area (Å²) in [5, 5.41) is 46.7. The van der Waals surface area contributed by atoms with Gasteiger partial charge in [-0.25, -0.2) is 4.79 Å². The number of rotatable bonds is 7. The minimum absolute atomic E-state index is 0. The number of nitrogen functional groups attached to an aromatic ring is 1. The van der Waals surface area contributed by atoms with E-state index < -0.39 is 26.7 Å². The molecule has 5 aromatic carbocycles. The van der Waals surface area contributed by atoms with Crippen LogP contribution in [0.15, 0.2) is 104 Å². The number of carboxylic acid groups (broad SMARTS) is 1. The number of nitrogens with zero attached hydrogens (tertiary/aromatic N) is 4. The number of aromatic carboxylic acids is 1. The third-order valence-electron chi connectivity index (χ3n) is 6.32. The van der Waals surface area contributed by atoms with Crippen LogP contribution < -0.4 is 5.73 Å². The van der Waals surface area contributed by atoms with Gasteiger partial charge in [-0.2, -0.15) is 23.8 Å². The Hall–Kier alpha value is -3.08. The van der Waals surface area contributed by atoms with Gasteiger partial charge in [-0.05, 0) is 60.0 Å². The van der Waals surface area contributed by atoms with Crippen LogP contribution in [0.3, 0.4) is 0 Å². The molecule has 0 bridgehead atoms. The summed E-state index contributed by atoms with van der Waals surface area (Å²) in [5.74, 6) is -2.15. The maximum absolute atomic E-state index is 11.5. The third kappa shape index (κ3) is 8.25. The molecule has 0 amide bonds. The van der Waals surface area contributed by atoms with Crippen LogP contribution in [0.1, 0.15) is 10.4 Å². The normalized spacial score (nSPS) is 11.5.